The van der Waals surface area contributed by atoms with Crippen LogP contribution in [0, 0.1) is 25.2 Å². The Hall–Kier alpha value is -3.01. The van der Waals surface area contributed by atoms with Gasteiger partial charge in [0.15, 0.2) is 0 Å². The number of hydrogen-bond donors (Lipinski definition) is 0. The highest BCUT2D eigenvalue weighted by atomic mass is 16.5. The number of aromatic nitrogens is 2. The van der Waals surface area contributed by atoms with Crippen LogP contribution >= 0.6 is 0 Å². The highest BCUT2D eigenvalue weighted by Gasteiger charge is 2.40. The maximum Gasteiger partial charge on any atom is 0.256 e. The summed E-state index contributed by atoms with van der Waals surface area (Å²) < 4.78 is 12.4. The number of rotatable bonds is 4. The Balaban J connectivity index is 2.08. The van der Waals surface area contributed by atoms with E-state index in [0.29, 0.717) is 29.2 Å². The van der Waals surface area contributed by atoms with Crippen LogP contribution in [0.15, 0.2) is 12.1 Å². The minimum atomic E-state index is -0.706. The van der Waals surface area contributed by atoms with Gasteiger partial charge >= 0.3 is 0 Å². The van der Waals surface area contributed by atoms with Gasteiger partial charge in [-0.25, -0.2) is 0 Å². The number of fused-ring (bicyclic) bond motifs is 1. The van der Waals surface area contributed by atoms with Crippen molar-refractivity contribution in [1.82, 2.24) is 14.7 Å². The quantitative estimate of drug-likeness (QED) is 0.853. The summed E-state index contributed by atoms with van der Waals surface area (Å²) in [6.07, 6.45) is 0. The normalized spacial score (nSPS) is 15.9. The smallest absolute Gasteiger partial charge is 0.256 e. The molecule has 25 heavy (non-hydrogen) atoms. The van der Waals surface area contributed by atoms with Gasteiger partial charge in [0.2, 0.25) is 0 Å². The van der Waals surface area contributed by atoms with Crippen molar-refractivity contribution in [3.63, 3.8) is 0 Å². The predicted octanol–water partition coefficient (Wildman–Crippen LogP) is 2.27. The van der Waals surface area contributed by atoms with Crippen molar-refractivity contribution in [2.45, 2.75) is 26.4 Å². The fourth-order valence-electron chi connectivity index (χ4n) is 3.29. The Morgan fingerprint density at radius 2 is 2.00 bits per heavy atom. The van der Waals surface area contributed by atoms with Gasteiger partial charge in [0.1, 0.15) is 17.5 Å². The van der Waals surface area contributed by atoms with Crippen LogP contribution in [0.5, 0.6) is 11.5 Å². The van der Waals surface area contributed by atoms with Crippen LogP contribution in [0.1, 0.15) is 38.9 Å². The first-order valence-electron chi connectivity index (χ1n) is 7.88. The average Bonchev–Trinajstić information content (AvgIpc) is 3.02. The Kier molecular flexibility index (Phi) is 4.13. The molecule has 0 fully saturated rings. The highest BCUT2D eigenvalue weighted by Crippen LogP contribution is 2.42. The van der Waals surface area contributed by atoms with E-state index in [2.05, 4.69) is 11.2 Å². The topological polar surface area (TPSA) is 80.4 Å². The molecule has 7 nitrogen and oxygen atoms in total. The summed E-state index contributed by atoms with van der Waals surface area (Å²) in [5, 5.41) is 14.1. The number of carbonyl (C=O) groups excluding carboxylic acids is 1. The molecule has 0 radical (unpaired) electrons. The van der Waals surface area contributed by atoms with Crippen LogP contribution in [0.3, 0.4) is 0 Å². The van der Waals surface area contributed by atoms with Gasteiger partial charge in [-0.2, -0.15) is 10.4 Å². The van der Waals surface area contributed by atoms with Crippen LogP contribution in [0.2, 0.25) is 0 Å². The summed E-state index contributed by atoms with van der Waals surface area (Å²) in [4.78, 5) is 14.5. The second-order valence-corrected chi connectivity index (χ2v) is 6.03. The van der Waals surface area contributed by atoms with Crippen LogP contribution in [0.25, 0.3) is 0 Å². The SMILES string of the molecule is COc1cc(OC)c2c(c1)C(=O)N(Cc1c(C)nn(C)c1C)C2C#N. The number of amides is 1. The Bertz CT molecular complexity index is 895. The molecule has 130 valence electrons. The lowest BCUT2D eigenvalue weighted by Crippen LogP contribution is -2.27. The summed E-state index contributed by atoms with van der Waals surface area (Å²) in [5.41, 5.74) is 3.82. The summed E-state index contributed by atoms with van der Waals surface area (Å²) >= 11 is 0. The van der Waals surface area contributed by atoms with Crippen LogP contribution in [0.4, 0.5) is 0 Å². The first kappa shape index (κ1) is 16.8. The zero-order valence-electron chi connectivity index (χ0n) is 15.0. The van der Waals surface area contributed by atoms with E-state index in [0.717, 1.165) is 17.0 Å². The maximum atomic E-state index is 13.0. The van der Waals surface area contributed by atoms with Crippen LogP contribution in [-0.2, 0) is 13.6 Å². The van der Waals surface area contributed by atoms with Crippen molar-refractivity contribution < 1.29 is 14.3 Å². The molecular weight excluding hydrogens is 320 g/mol. The Morgan fingerprint density at radius 1 is 1.28 bits per heavy atom. The highest BCUT2D eigenvalue weighted by molar-refractivity contribution is 6.01. The third-order valence-corrected chi connectivity index (χ3v) is 4.76. The molecule has 2 heterocycles. The van der Waals surface area contributed by atoms with E-state index in [-0.39, 0.29) is 5.91 Å². The van der Waals surface area contributed by atoms with E-state index in [4.69, 9.17) is 9.47 Å². The van der Waals surface area contributed by atoms with Gasteiger partial charge in [-0.3, -0.25) is 9.48 Å². The molecule has 3 rings (SSSR count). The van der Waals surface area contributed by atoms with Gasteiger partial charge in [0, 0.05) is 29.9 Å². The minimum absolute atomic E-state index is 0.207. The Labute approximate surface area is 146 Å². The number of benzene rings is 1. The van der Waals surface area contributed by atoms with Crippen molar-refractivity contribution in [3.05, 3.63) is 40.2 Å². The van der Waals surface area contributed by atoms with E-state index in [1.54, 1.807) is 21.7 Å². The lowest BCUT2D eigenvalue weighted by Gasteiger charge is -2.20. The van der Waals surface area contributed by atoms with Crippen molar-refractivity contribution in [3.8, 4) is 17.6 Å². The number of hydrogen-bond acceptors (Lipinski definition) is 5. The number of nitriles is 1. The molecule has 0 aliphatic carbocycles. The van der Waals surface area contributed by atoms with E-state index in [1.165, 1.54) is 14.2 Å². The first-order chi connectivity index (χ1) is 11.9. The molecule has 1 aromatic heterocycles. The number of nitrogens with zero attached hydrogens (tertiary/aromatic N) is 4. The van der Waals surface area contributed by atoms with Crippen molar-refractivity contribution >= 4 is 5.91 Å². The average molecular weight is 340 g/mol. The third-order valence-electron chi connectivity index (χ3n) is 4.76. The van der Waals surface area contributed by atoms with Crippen molar-refractivity contribution in [2.75, 3.05) is 14.2 Å². The number of carbonyl (C=O) groups is 1. The summed E-state index contributed by atoms with van der Waals surface area (Å²) in [6, 6.07) is 4.88. The van der Waals surface area contributed by atoms with Gasteiger partial charge in [0.05, 0.1) is 38.1 Å². The molecule has 1 aromatic carbocycles. The lowest BCUT2D eigenvalue weighted by atomic mass is 10.0. The standard InChI is InChI=1S/C18H20N4O3/c1-10-14(11(2)21(3)20-10)9-22-15(8-19)17-13(18(22)23)6-12(24-4)7-16(17)25-5/h6-7,15H,9H2,1-5H3. The van der Waals surface area contributed by atoms with E-state index < -0.39 is 6.04 Å². The predicted molar refractivity (Wildman–Crippen MR) is 90.5 cm³/mol. The largest absolute Gasteiger partial charge is 0.497 e. The molecule has 7 heteroatoms. The third kappa shape index (κ3) is 2.50. The van der Waals surface area contributed by atoms with Gasteiger partial charge in [-0.1, -0.05) is 0 Å². The van der Waals surface area contributed by atoms with Gasteiger partial charge in [-0.15, -0.1) is 0 Å². The molecule has 1 unspecified atom stereocenters. The molecule has 0 saturated heterocycles. The molecule has 1 amide bonds. The fraction of sp³-hybridized carbons (Fsp3) is 0.389. The monoisotopic (exact) mass is 340 g/mol. The molecule has 0 N–H and O–H groups in total. The molecule has 0 bridgehead atoms. The molecule has 1 aliphatic heterocycles. The van der Waals surface area contributed by atoms with E-state index in [1.807, 2.05) is 20.9 Å². The zero-order chi connectivity index (χ0) is 18.3. The first-order valence-corrected chi connectivity index (χ1v) is 7.88. The van der Waals surface area contributed by atoms with E-state index in [9.17, 15) is 10.1 Å². The summed E-state index contributed by atoms with van der Waals surface area (Å²) in [7, 11) is 4.91. The van der Waals surface area contributed by atoms with Crippen molar-refractivity contribution in [2.24, 2.45) is 7.05 Å². The van der Waals surface area contributed by atoms with E-state index >= 15 is 0 Å². The summed E-state index contributed by atoms with van der Waals surface area (Å²) in [5.74, 6) is 0.800. The molecule has 0 saturated carbocycles. The van der Waals surface area contributed by atoms with Crippen LogP contribution < -0.4 is 9.47 Å². The Morgan fingerprint density at radius 3 is 2.52 bits per heavy atom. The second-order valence-electron chi connectivity index (χ2n) is 6.03. The number of aryl methyl sites for hydroxylation is 2. The molecule has 2 aromatic rings. The summed E-state index contributed by atoms with van der Waals surface area (Å²) in [6.45, 7) is 4.18. The van der Waals surface area contributed by atoms with Gasteiger partial charge in [-0.05, 0) is 19.9 Å². The zero-order valence-corrected chi connectivity index (χ0v) is 15.0. The molecule has 1 atom stereocenters. The van der Waals surface area contributed by atoms with Gasteiger partial charge in [0.25, 0.3) is 5.91 Å². The molecular formula is C18H20N4O3. The van der Waals surface area contributed by atoms with Crippen LogP contribution in [-0.4, -0.2) is 34.8 Å². The minimum Gasteiger partial charge on any atom is -0.497 e. The second kappa shape index (κ2) is 6.13. The maximum absolute atomic E-state index is 13.0. The molecule has 0 spiro atoms. The number of methoxy groups -OCH3 is 2. The van der Waals surface area contributed by atoms with Gasteiger partial charge < -0.3 is 14.4 Å². The van der Waals surface area contributed by atoms with Crippen molar-refractivity contribution in [1.29, 1.82) is 5.26 Å². The molecule has 1 aliphatic rings. The number of ether oxygens (including phenoxy) is 2. The lowest BCUT2D eigenvalue weighted by molar-refractivity contribution is 0.0743. The fourth-order valence-corrected chi connectivity index (χ4v) is 3.29.